The predicted molar refractivity (Wildman–Crippen MR) is 103 cm³/mol. The Labute approximate surface area is 158 Å². The first-order chi connectivity index (χ1) is 12.6. The molecule has 2 aromatic carbocycles. The van der Waals surface area contributed by atoms with Crippen molar-refractivity contribution in [1.29, 1.82) is 0 Å². The van der Waals surface area contributed by atoms with Crippen LogP contribution >= 0.6 is 11.6 Å². The van der Waals surface area contributed by atoms with E-state index in [1.165, 1.54) is 0 Å². The summed E-state index contributed by atoms with van der Waals surface area (Å²) in [4.78, 5) is 28.7. The number of hydrogen-bond acceptors (Lipinski definition) is 3. The summed E-state index contributed by atoms with van der Waals surface area (Å²) in [5, 5.41) is 3.47. The van der Waals surface area contributed by atoms with Gasteiger partial charge in [0, 0.05) is 55.4 Å². The predicted octanol–water partition coefficient (Wildman–Crippen LogP) is 2.53. The Kier molecular flexibility index (Phi) is 6.26. The molecule has 0 unspecified atom stereocenters. The first kappa shape index (κ1) is 18.4. The van der Waals surface area contributed by atoms with Crippen LogP contribution in [0.5, 0.6) is 0 Å². The van der Waals surface area contributed by atoms with Crippen molar-refractivity contribution in [3.63, 3.8) is 0 Å². The summed E-state index contributed by atoms with van der Waals surface area (Å²) >= 11 is 5.91. The Morgan fingerprint density at radius 3 is 2.31 bits per heavy atom. The van der Waals surface area contributed by atoms with Crippen LogP contribution < -0.4 is 5.32 Å². The van der Waals surface area contributed by atoms with Crippen molar-refractivity contribution in [2.24, 2.45) is 0 Å². The van der Waals surface area contributed by atoms with Gasteiger partial charge in [-0.15, -0.1) is 0 Å². The van der Waals surface area contributed by atoms with E-state index in [4.69, 9.17) is 11.6 Å². The van der Waals surface area contributed by atoms with E-state index in [2.05, 4.69) is 10.2 Å². The molecule has 26 heavy (non-hydrogen) atoms. The Bertz CT molecular complexity index is 759. The highest BCUT2D eigenvalue weighted by atomic mass is 35.5. The number of benzene rings is 2. The van der Waals surface area contributed by atoms with Gasteiger partial charge < -0.3 is 10.2 Å². The maximum atomic E-state index is 12.4. The Morgan fingerprint density at radius 1 is 0.923 bits per heavy atom. The third-order valence-corrected chi connectivity index (χ3v) is 4.72. The highest BCUT2D eigenvalue weighted by Gasteiger charge is 2.21. The summed E-state index contributed by atoms with van der Waals surface area (Å²) in [6.45, 7) is 4.36. The quantitative estimate of drug-likeness (QED) is 0.878. The van der Waals surface area contributed by atoms with Crippen molar-refractivity contribution in [3.05, 3.63) is 70.7 Å². The zero-order valence-corrected chi connectivity index (χ0v) is 15.3. The minimum atomic E-state index is -0.120. The fourth-order valence-electron chi connectivity index (χ4n) is 3.00. The minimum Gasteiger partial charge on any atom is -0.351 e. The number of nitrogens with one attached hydrogen (secondary N) is 1. The van der Waals surface area contributed by atoms with Gasteiger partial charge >= 0.3 is 0 Å². The van der Waals surface area contributed by atoms with Gasteiger partial charge in [-0.05, 0) is 30.3 Å². The number of nitrogens with zero attached hydrogens (tertiary/aromatic N) is 2. The molecule has 0 aliphatic carbocycles. The van der Waals surface area contributed by atoms with E-state index in [-0.39, 0.29) is 11.8 Å². The molecule has 0 saturated carbocycles. The Morgan fingerprint density at radius 2 is 1.62 bits per heavy atom. The van der Waals surface area contributed by atoms with Gasteiger partial charge in [0.2, 0.25) is 0 Å². The number of amides is 2. The minimum absolute atomic E-state index is 0.0829. The number of carbonyl (C=O) groups is 2. The van der Waals surface area contributed by atoms with Crippen LogP contribution in [0.1, 0.15) is 20.7 Å². The highest BCUT2D eigenvalue weighted by Crippen LogP contribution is 2.11. The summed E-state index contributed by atoms with van der Waals surface area (Å²) in [7, 11) is 0. The molecule has 1 saturated heterocycles. The molecule has 1 fully saturated rings. The van der Waals surface area contributed by atoms with Crippen molar-refractivity contribution < 1.29 is 9.59 Å². The fourth-order valence-corrected chi connectivity index (χ4v) is 3.19. The van der Waals surface area contributed by atoms with E-state index in [0.29, 0.717) is 30.2 Å². The van der Waals surface area contributed by atoms with Crippen molar-refractivity contribution in [3.8, 4) is 0 Å². The second-order valence-corrected chi connectivity index (χ2v) is 6.70. The molecule has 1 heterocycles. The Balaban J connectivity index is 1.40. The average molecular weight is 372 g/mol. The Hall–Kier alpha value is -2.37. The standard InChI is InChI=1S/C20H22ClN3O2/c21-18-8-4-7-17(15-18)19(25)22-9-10-23-11-13-24(14-12-23)20(26)16-5-2-1-3-6-16/h1-8,15H,9-14H2,(H,22,25). The summed E-state index contributed by atoms with van der Waals surface area (Å²) < 4.78 is 0. The lowest BCUT2D eigenvalue weighted by Crippen LogP contribution is -2.50. The second-order valence-electron chi connectivity index (χ2n) is 6.27. The number of carbonyl (C=O) groups excluding carboxylic acids is 2. The normalized spacial score (nSPS) is 14.9. The lowest BCUT2D eigenvalue weighted by molar-refractivity contribution is 0.0638. The number of halogens is 1. The smallest absolute Gasteiger partial charge is 0.253 e. The lowest BCUT2D eigenvalue weighted by atomic mass is 10.2. The largest absolute Gasteiger partial charge is 0.351 e. The van der Waals surface area contributed by atoms with Gasteiger partial charge in [-0.25, -0.2) is 0 Å². The van der Waals surface area contributed by atoms with Crippen molar-refractivity contribution >= 4 is 23.4 Å². The van der Waals surface area contributed by atoms with E-state index < -0.39 is 0 Å². The third-order valence-electron chi connectivity index (χ3n) is 4.48. The molecule has 5 nitrogen and oxygen atoms in total. The van der Waals surface area contributed by atoms with Crippen LogP contribution in [0.3, 0.4) is 0 Å². The first-order valence-electron chi connectivity index (χ1n) is 8.74. The van der Waals surface area contributed by atoms with E-state index >= 15 is 0 Å². The molecule has 0 atom stereocenters. The van der Waals surface area contributed by atoms with Crippen LogP contribution in [0, 0.1) is 0 Å². The molecule has 6 heteroatoms. The average Bonchev–Trinajstić information content (AvgIpc) is 2.68. The molecular weight excluding hydrogens is 350 g/mol. The van der Waals surface area contributed by atoms with Crippen LogP contribution in [0.15, 0.2) is 54.6 Å². The van der Waals surface area contributed by atoms with Crippen LogP contribution in [0.4, 0.5) is 0 Å². The molecule has 3 rings (SSSR count). The SMILES string of the molecule is O=C(NCCN1CCN(C(=O)c2ccccc2)CC1)c1cccc(Cl)c1. The van der Waals surface area contributed by atoms with E-state index in [9.17, 15) is 9.59 Å². The van der Waals surface area contributed by atoms with Gasteiger partial charge in [-0.3, -0.25) is 14.5 Å². The number of rotatable bonds is 5. The molecular formula is C20H22ClN3O2. The molecule has 1 N–H and O–H groups in total. The van der Waals surface area contributed by atoms with Gasteiger partial charge in [0.1, 0.15) is 0 Å². The maximum Gasteiger partial charge on any atom is 0.253 e. The zero-order valence-electron chi connectivity index (χ0n) is 14.5. The molecule has 1 aliphatic rings. The first-order valence-corrected chi connectivity index (χ1v) is 9.12. The summed E-state index contributed by atoms with van der Waals surface area (Å²) in [6, 6.07) is 16.3. The molecule has 0 bridgehead atoms. The molecule has 0 aromatic heterocycles. The summed E-state index contributed by atoms with van der Waals surface area (Å²) in [5.41, 5.74) is 1.30. The van der Waals surface area contributed by atoms with Crippen LogP contribution in [-0.2, 0) is 0 Å². The second kappa shape index (κ2) is 8.83. The summed E-state index contributed by atoms with van der Waals surface area (Å²) in [6.07, 6.45) is 0. The van der Waals surface area contributed by atoms with Gasteiger partial charge in [-0.2, -0.15) is 0 Å². The molecule has 2 amide bonds. The third kappa shape index (κ3) is 4.84. The zero-order chi connectivity index (χ0) is 18.4. The van der Waals surface area contributed by atoms with E-state index in [1.807, 2.05) is 35.2 Å². The number of piperazine rings is 1. The molecule has 1 aliphatic heterocycles. The number of hydrogen-bond donors (Lipinski definition) is 1. The molecule has 0 spiro atoms. The van der Waals surface area contributed by atoms with Crippen LogP contribution in [0.25, 0.3) is 0 Å². The van der Waals surface area contributed by atoms with E-state index in [1.54, 1.807) is 24.3 Å². The van der Waals surface area contributed by atoms with Crippen molar-refractivity contribution in [2.45, 2.75) is 0 Å². The van der Waals surface area contributed by atoms with Crippen LogP contribution in [0.2, 0.25) is 5.02 Å². The van der Waals surface area contributed by atoms with Crippen molar-refractivity contribution in [1.82, 2.24) is 15.1 Å². The van der Waals surface area contributed by atoms with Crippen LogP contribution in [-0.4, -0.2) is 60.9 Å². The summed E-state index contributed by atoms with van der Waals surface area (Å²) in [5.74, 6) is -0.0371. The van der Waals surface area contributed by atoms with Crippen molar-refractivity contribution in [2.75, 3.05) is 39.3 Å². The van der Waals surface area contributed by atoms with E-state index in [0.717, 1.165) is 25.2 Å². The van der Waals surface area contributed by atoms with Gasteiger partial charge in [-0.1, -0.05) is 35.9 Å². The van der Waals surface area contributed by atoms with Gasteiger partial charge in [0.05, 0.1) is 0 Å². The van der Waals surface area contributed by atoms with Gasteiger partial charge in [0.15, 0.2) is 0 Å². The highest BCUT2D eigenvalue weighted by molar-refractivity contribution is 6.30. The fraction of sp³-hybridized carbons (Fsp3) is 0.300. The maximum absolute atomic E-state index is 12.4. The molecule has 0 radical (unpaired) electrons. The molecule has 2 aromatic rings. The lowest BCUT2D eigenvalue weighted by Gasteiger charge is -2.34. The monoisotopic (exact) mass is 371 g/mol. The van der Waals surface area contributed by atoms with Gasteiger partial charge in [0.25, 0.3) is 11.8 Å². The topological polar surface area (TPSA) is 52.7 Å². The molecule has 136 valence electrons.